The quantitative estimate of drug-likeness (QED) is 0.140. The standard InChI is InChI=1S/C34H49ClN2O2S.BrH/c1-4-5-6-7-8-9-10-11-12-13-14-17-22-39-34-21-20-30(23-32(34)35)25-37(29(3)38)33-19-16-15-18-31(33)26-36-24-28(2)40-27-36;/h15-16,18-21,23-24H,4-14,17,22,25-27H2,1-3H3;1H. The number of anilines is 1. The fourth-order valence-electron chi connectivity index (χ4n) is 5.17. The number of para-hydroxylation sites is 1. The molecule has 0 saturated heterocycles. The number of benzene rings is 2. The first-order valence-corrected chi connectivity index (χ1v) is 16.7. The smallest absolute Gasteiger partial charge is 0.224 e. The average molecular weight is 666 g/mol. The summed E-state index contributed by atoms with van der Waals surface area (Å²) in [6.45, 7) is 7.96. The Hall–Kier alpha value is -1.63. The molecule has 0 saturated carbocycles. The lowest BCUT2D eigenvalue weighted by Crippen LogP contribution is -2.29. The second-order valence-electron chi connectivity index (χ2n) is 11.0. The number of rotatable bonds is 19. The number of nitrogens with zero attached hydrogens (tertiary/aromatic N) is 2. The SMILES string of the molecule is Br.CCCCCCCCCCCCCCOc1ccc(CN(C(C)=O)c2ccccc2CN2C=C(C)SC2)cc1Cl. The van der Waals surface area contributed by atoms with E-state index in [1.807, 2.05) is 53.1 Å². The Labute approximate surface area is 269 Å². The second kappa shape index (κ2) is 20.3. The summed E-state index contributed by atoms with van der Waals surface area (Å²) in [4.78, 5) is 18.2. The number of allylic oxidation sites excluding steroid dienone is 1. The second-order valence-corrected chi connectivity index (χ2v) is 12.6. The van der Waals surface area contributed by atoms with Crippen LogP contribution in [0.15, 0.2) is 53.6 Å². The average Bonchev–Trinajstić information content (AvgIpc) is 3.35. The van der Waals surface area contributed by atoms with Gasteiger partial charge in [-0.25, -0.2) is 0 Å². The van der Waals surface area contributed by atoms with Crippen molar-refractivity contribution in [2.24, 2.45) is 0 Å². The molecule has 2 aromatic carbocycles. The predicted molar refractivity (Wildman–Crippen MR) is 183 cm³/mol. The van der Waals surface area contributed by atoms with Crippen LogP contribution in [0.1, 0.15) is 109 Å². The van der Waals surface area contributed by atoms with Crippen LogP contribution >= 0.6 is 40.3 Å². The molecule has 0 aromatic heterocycles. The molecule has 1 heterocycles. The highest BCUT2D eigenvalue weighted by molar-refractivity contribution is 8.93. The summed E-state index contributed by atoms with van der Waals surface area (Å²) in [5, 5.41) is 0.600. The molecule has 0 spiro atoms. The Kier molecular flexibility index (Phi) is 17.6. The zero-order valence-corrected chi connectivity index (χ0v) is 28.6. The number of amides is 1. The molecule has 0 fully saturated rings. The highest BCUT2D eigenvalue weighted by atomic mass is 79.9. The maximum atomic E-state index is 12.7. The van der Waals surface area contributed by atoms with E-state index >= 15 is 0 Å². The zero-order valence-electron chi connectivity index (χ0n) is 25.3. The molecule has 4 nitrogen and oxygen atoms in total. The number of ether oxygens (including phenoxy) is 1. The molecule has 41 heavy (non-hydrogen) atoms. The van der Waals surface area contributed by atoms with E-state index in [-0.39, 0.29) is 22.9 Å². The number of hydrogen-bond acceptors (Lipinski definition) is 4. The molecule has 1 amide bonds. The van der Waals surface area contributed by atoms with Crippen molar-refractivity contribution in [3.05, 3.63) is 69.7 Å². The maximum Gasteiger partial charge on any atom is 0.224 e. The number of carbonyl (C=O) groups is 1. The van der Waals surface area contributed by atoms with Crippen molar-refractivity contribution < 1.29 is 9.53 Å². The number of unbranched alkanes of at least 4 members (excludes halogenated alkanes) is 11. The van der Waals surface area contributed by atoms with Gasteiger partial charge in [-0.15, -0.1) is 28.7 Å². The van der Waals surface area contributed by atoms with E-state index in [4.69, 9.17) is 16.3 Å². The van der Waals surface area contributed by atoms with E-state index in [2.05, 4.69) is 31.0 Å². The number of hydrogen-bond donors (Lipinski definition) is 0. The van der Waals surface area contributed by atoms with Crippen LogP contribution in [0.4, 0.5) is 5.69 Å². The van der Waals surface area contributed by atoms with E-state index in [0.717, 1.165) is 41.4 Å². The molecule has 1 aliphatic heterocycles. The van der Waals surface area contributed by atoms with E-state index < -0.39 is 0 Å². The molecule has 0 radical (unpaired) electrons. The van der Waals surface area contributed by atoms with Crippen LogP contribution in [0.5, 0.6) is 5.75 Å². The van der Waals surface area contributed by atoms with Crippen LogP contribution in [0.25, 0.3) is 0 Å². The van der Waals surface area contributed by atoms with Crippen molar-refractivity contribution in [3.63, 3.8) is 0 Å². The molecule has 7 heteroatoms. The molecule has 1 aliphatic rings. The van der Waals surface area contributed by atoms with Crippen LogP contribution in [0.3, 0.4) is 0 Å². The molecule has 0 unspecified atom stereocenters. The van der Waals surface area contributed by atoms with Crippen LogP contribution in [-0.4, -0.2) is 23.3 Å². The first-order chi connectivity index (χ1) is 19.5. The van der Waals surface area contributed by atoms with Gasteiger partial charge in [0, 0.05) is 25.4 Å². The minimum atomic E-state index is 0. The minimum Gasteiger partial charge on any atom is -0.492 e. The van der Waals surface area contributed by atoms with Crippen LogP contribution in [0, 0.1) is 0 Å². The third kappa shape index (κ3) is 13.0. The summed E-state index contributed by atoms with van der Waals surface area (Å²) in [7, 11) is 0. The van der Waals surface area contributed by atoms with Gasteiger partial charge in [0.15, 0.2) is 0 Å². The molecule has 2 aromatic rings. The Morgan fingerprint density at radius 3 is 2.17 bits per heavy atom. The third-order valence-electron chi connectivity index (χ3n) is 7.45. The highest BCUT2D eigenvalue weighted by Gasteiger charge is 2.19. The highest BCUT2D eigenvalue weighted by Crippen LogP contribution is 2.31. The van der Waals surface area contributed by atoms with Crippen molar-refractivity contribution in [3.8, 4) is 5.75 Å². The monoisotopic (exact) mass is 664 g/mol. The van der Waals surface area contributed by atoms with Gasteiger partial charge in [-0.3, -0.25) is 4.79 Å². The summed E-state index contributed by atoms with van der Waals surface area (Å²) < 4.78 is 6.00. The lowest BCUT2D eigenvalue weighted by molar-refractivity contribution is -0.116. The van der Waals surface area contributed by atoms with E-state index in [9.17, 15) is 4.79 Å². The lowest BCUT2D eigenvalue weighted by Gasteiger charge is -2.26. The Bertz CT molecular complexity index is 1080. The van der Waals surface area contributed by atoms with Gasteiger partial charge in [0.25, 0.3) is 0 Å². The normalized spacial score (nSPS) is 12.7. The summed E-state index contributed by atoms with van der Waals surface area (Å²) in [5.74, 6) is 1.67. The predicted octanol–water partition coefficient (Wildman–Crippen LogP) is 10.9. The van der Waals surface area contributed by atoms with Crippen LogP contribution < -0.4 is 9.64 Å². The fourth-order valence-corrected chi connectivity index (χ4v) is 6.18. The zero-order chi connectivity index (χ0) is 28.6. The van der Waals surface area contributed by atoms with E-state index in [1.165, 1.54) is 75.5 Å². The Morgan fingerprint density at radius 2 is 1.59 bits per heavy atom. The van der Waals surface area contributed by atoms with Crippen molar-refractivity contribution in [2.75, 3.05) is 17.4 Å². The fraction of sp³-hybridized carbons (Fsp3) is 0.559. The number of thioether (sulfide) groups is 1. The van der Waals surface area contributed by atoms with Gasteiger partial charge in [0.05, 0.1) is 24.1 Å². The van der Waals surface area contributed by atoms with Gasteiger partial charge in [-0.1, -0.05) is 113 Å². The number of halogens is 2. The van der Waals surface area contributed by atoms with Crippen molar-refractivity contribution in [1.82, 2.24) is 4.90 Å². The minimum absolute atomic E-state index is 0. The lowest BCUT2D eigenvalue weighted by atomic mass is 10.1. The van der Waals surface area contributed by atoms with Gasteiger partial charge >= 0.3 is 0 Å². The summed E-state index contributed by atoms with van der Waals surface area (Å²) in [5.41, 5.74) is 3.07. The van der Waals surface area contributed by atoms with Gasteiger partial charge < -0.3 is 14.5 Å². The van der Waals surface area contributed by atoms with E-state index in [1.54, 1.807) is 6.92 Å². The van der Waals surface area contributed by atoms with Gasteiger partial charge in [0.2, 0.25) is 5.91 Å². The summed E-state index contributed by atoms with van der Waals surface area (Å²) in [6.07, 6.45) is 18.1. The largest absolute Gasteiger partial charge is 0.492 e. The van der Waals surface area contributed by atoms with Crippen LogP contribution in [-0.2, 0) is 17.9 Å². The van der Waals surface area contributed by atoms with Crippen molar-refractivity contribution in [1.29, 1.82) is 0 Å². The van der Waals surface area contributed by atoms with Crippen molar-refractivity contribution in [2.45, 2.75) is 111 Å². The van der Waals surface area contributed by atoms with Gasteiger partial charge in [-0.2, -0.15) is 0 Å². The van der Waals surface area contributed by atoms with E-state index in [0.29, 0.717) is 18.2 Å². The topological polar surface area (TPSA) is 32.8 Å². The van der Waals surface area contributed by atoms with Gasteiger partial charge in [-0.05, 0) is 47.6 Å². The molecule has 0 bridgehead atoms. The molecule has 228 valence electrons. The summed E-state index contributed by atoms with van der Waals surface area (Å²) >= 11 is 8.45. The first kappa shape index (κ1) is 35.6. The molecular formula is C34H50BrClN2O2S. The number of carbonyl (C=O) groups excluding carboxylic acids is 1. The van der Waals surface area contributed by atoms with Crippen molar-refractivity contribution >= 4 is 51.9 Å². The molecule has 3 rings (SSSR count). The van der Waals surface area contributed by atoms with Gasteiger partial charge in [0.1, 0.15) is 5.75 Å². The first-order valence-electron chi connectivity index (χ1n) is 15.3. The molecule has 0 N–H and O–H groups in total. The Balaban J connectivity index is 0.00000588. The maximum absolute atomic E-state index is 12.7. The summed E-state index contributed by atoms with van der Waals surface area (Å²) in [6, 6.07) is 14.1. The molecular weight excluding hydrogens is 616 g/mol. The molecule has 0 aliphatic carbocycles. The molecule has 0 atom stereocenters. The Morgan fingerprint density at radius 1 is 0.951 bits per heavy atom. The third-order valence-corrected chi connectivity index (χ3v) is 8.77. The van der Waals surface area contributed by atoms with Crippen LogP contribution in [0.2, 0.25) is 5.02 Å².